The standard InChI is InChI=1S/C19H26N2O/c1-15-6-3-4-7-17(15)13-20-11-5-8-19(20)14-21(12-16(2)22)18-9-10-18/h3-8,11,16,18,22H,9-10,12-14H2,1-2H3/p+1/t16-/m0/s1. The van der Waals surface area contributed by atoms with E-state index in [2.05, 4.69) is 54.1 Å². The zero-order valence-electron chi connectivity index (χ0n) is 13.6. The van der Waals surface area contributed by atoms with Gasteiger partial charge < -0.3 is 14.6 Å². The Morgan fingerprint density at radius 3 is 2.68 bits per heavy atom. The second kappa shape index (κ2) is 6.67. The first-order valence-corrected chi connectivity index (χ1v) is 8.34. The Balaban J connectivity index is 1.72. The monoisotopic (exact) mass is 299 g/mol. The van der Waals surface area contributed by atoms with Crippen LogP contribution in [0.3, 0.4) is 0 Å². The van der Waals surface area contributed by atoms with Gasteiger partial charge in [0.1, 0.15) is 19.2 Å². The lowest BCUT2D eigenvalue weighted by Crippen LogP contribution is -3.13. The molecule has 0 bridgehead atoms. The largest absolute Gasteiger partial charge is 0.388 e. The molecule has 1 aliphatic rings. The SMILES string of the molecule is Cc1ccccc1Cn1cccc1C[NH+](C[C@H](C)O)C1CC1. The number of nitrogens with one attached hydrogen (secondary N) is 1. The van der Waals surface area contributed by atoms with Crippen molar-refractivity contribution in [3.63, 3.8) is 0 Å². The topological polar surface area (TPSA) is 29.6 Å². The summed E-state index contributed by atoms with van der Waals surface area (Å²) in [5.74, 6) is 0. The van der Waals surface area contributed by atoms with Crippen molar-refractivity contribution in [3.05, 3.63) is 59.4 Å². The van der Waals surface area contributed by atoms with Crippen molar-refractivity contribution in [1.82, 2.24) is 4.57 Å². The quantitative estimate of drug-likeness (QED) is 0.802. The maximum Gasteiger partial charge on any atom is 0.118 e. The molecule has 0 spiro atoms. The average Bonchev–Trinajstić information content (AvgIpc) is 3.23. The highest BCUT2D eigenvalue weighted by molar-refractivity contribution is 5.26. The number of rotatable bonds is 7. The summed E-state index contributed by atoms with van der Waals surface area (Å²) in [4.78, 5) is 1.53. The van der Waals surface area contributed by atoms with Gasteiger partial charge in [0, 0.05) is 25.6 Å². The average molecular weight is 299 g/mol. The highest BCUT2D eigenvalue weighted by Gasteiger charge is 2.34. The summed E-state index contributed by atoms with van der Waals surface area (Å²) < 4.78 is 2.35. The summed E-state index contributed by atoms with van der Waals surface area (Å²) in [6.45, 7) is 6.86. The molecule has 1 aliphatic carbocycles. The molecule has 0 aliphatic heterocycles. The minimum absolute atomic E-state index is 0.226. The smallest absolute Gasteiger partial charge is 0.118 e. The van der Waals surface area contributed by atoms with Crippen LogP contribution in [-0.2, 0) is 13.1 Å². The Labute approximate surface area is 133 Å². The van der Waals surface area contributed by atoms with E-state index in [1.165, 1.54) is 34.6 Å². The van der Waals surface area contributed by atoms with Crippen LogP contribution in [0.25, 0.3) is 0 Å². The number of aryl methyl sites for hydroxylation is 1. The predicted octanol–water partition coefficient (Wildman–Crippen LogP) is 1.77. The van der Waals surface area contributed by atoms with Gasteiger partial charge in [0.05, 0.1) is 11.7 Å². The predicted molar refractivity (Wildman–Crippen MR) is 88.9 cm³/mol. The molecule has 3 rings (SSSR count). The Kier molecular flexibility index (Phi) is 4.65. The number of hydrogen-bond acceptors (Lipinski definition) is 1. The normalized spacial score (nSPS) is 17.4. The molecule has 1 aromatic heterocycles. The maximum atomic E-state index is 9.74. The Bertz CT molecular complexity index is 613. The molecule has 22 heavy (non-hydrogen) atoms. The zero-order valence-corrected chi connectivity index (χ0v) is 13.6. The molecule has 3 heteroatoms. The second-order valence-corrected chi connectivity index (χ2v) is 6.72. The van der Waals surface area contributed by atoms with Crippen molar-refractivity contribution < 1.29 is 10.0 Å². The van der Waals surface area contributed by atoms with Gasteiger partial charge in [-0.1, -0.05) is 24.3 Å². The van der Waals surface area contributed by atoms with E-state index >= 15 is 0 Å². The number of hydrogen-bond donors (Lipinski definition) is 2. The van der Waals surface area contributed by atoms with Crippen molar-refractivity contribution in [1.29, 1.82) is 0 Å². The van der Waals surface area contributed by atoms with Crippen LogP contribution in [0, 0.1) is 6.92 Å². The highest BCUT2D eigenvalue weighted by Crippen LogP contribution is 2.16. The van der Waals surface area contributed by atoms with Crippen LogP contribution < -0.4 is 4.90 Å². The summed E-state index contributed by atoms with van der Waals surface area (Å²) in [5.41, 5.74) is 4.09. The first-order chi connectivity index (χ1) is 10.6. The molecular weight excluding hydrogens is 272 g/mol. The van der Waals surface area contributed by atoms with E-state index in [4.69, 9.17) is 0 Å². The third-order valence-corrected chi connectivity index (χ3v) is 4.65. The van der Waals surface area contributed by atoms with Gasteiger partial charge in [-0.25, -0.2) is 0 Å². The van der Waals surface area contributed by atoms with Crippen LogP contribution in [0.2, 0.25) is 0 Å². The maximum absolute atomic E-state index is 9.74. The lowest BCUT2D eigenvalue weighted by atomic mass is 10.1. The minimum atomic E-state index is -0.226. The van der Waals surface area contributed by atoms with E-state index in [-0.39, 0.29) is 6.10 Å². The van der Waals surface area contributed by atoms with Gasteiger partial charge in [-0.3, -0.25) is 0 Å². The number of benzene rings is 1. The molecule has 1 fully saturated rings. The second-order valence-electron chi connectivity index (χ2n) is 6.72. The number of quaternary nitrogens is 1. The zero-order chi connectivity index (χ0) is 15.5. The number of aliphatic hydroxyl groups is 1. The van der Waals surface area contributed by atoms with E-state index in [9.17, 15) is 5.11 Å². The van der Waals surface area contributed by atoms with Crippen LogP contribution in [-0.4, -0.2) is 28.4 Å². The fourth-order valence-corrected chi connectivity index (χ4v) is 3.22. The number of aromatic nitrogens is 1. The highest BCUT2D eigenvalue weighted by atomic mass is 16.3. The first-order valence-electron chi connectivity index (χ1n) is 8.34. The van der Waals surface area contributed by atoms with Gasteiger partial charge >= 0.3 is 0 Å². The van der Waals surface area contributed by atoms with E-state index in [0.717, 1.165) is 25.7 Å². The Morgan fingerprint density at radius 1 is 1.23 bits per heavy atom. The fourth-order valence-electron chi connectivity index (χ4n) is 3.22. The van der Waals surface area contributed by atoms with E-state index in [1.807, 2.05) is 6.92 Å². The van der Waals surface area contributed by atoms with Crippen LogP contribution in [0.1, 0.15) is 36.6 Å². The lowest BCUT2D eigenvalue weighted by Gasteiger charge is -2.21. The van der Waals surface area contributed by atoms with Gasteiger partial charge in [0.2, 0.25) is 0 Å². The van der Waals surface area contributed by atoms with Crippen molar-refractivity contribution in [2.75, 3.05) is 6.54 Å². The molecule has 0 saturated heterocycles. The summed E-state index contributed by atoms with van der Waals surface area (Å²) in [6, 6.07) is 13.7. The fraction of sp³-hybridized carbons (Fsp3) is 0.474. The van der Waals surface area contributed by atoms with Crippen LogP contribution in [0.4, 0.5) is 0 Å². The lowest BCUT2D eigenvalue weighted by molar-refractivity contribution is -0.928. The van der Waals surface area contributed by atoms with E-state index in [1.54, 1.807) is 0 Å². The third kappa shape index (κ3) is 3.79. The van der Waals surface area contributed by atoms with Gasteiger partial charge in [0.15, 0.2) is 0 Å². The van der Waals surface area contributed by atoms with Crippen molar-refractivity contribution >= 4 is 0 Å². The van der Waals surface area contributed by atoms with Gasteiger partial charge in [-0.15, -0.1) is 0 Å². The molecule has 118 valence electrons. The minimum Gasteiger partial charge on any atom is -0.388 e. The van der Waals surface area contributed by atoms with Crippen molar-refractivity contribution in [3.8, 4) is 0 Å². The summed E-state index contributed by atoms with van der Waals surface area (Å²) in [6.07, 6.45) is 4.56. The van der Waals surface area contributed by atoms with Gasteiger partial charge in [-0.2, -0.15) is 0 Å². The summed E-state index contributed by atoms with van der Waals surface area (Å²) >= 11 is 0. The van der Waals surface area contributed by atoms with Crippen LogP contribution >= 0.6 is 0 Å². The van der Waals surface area contributed by atoms with Crippen LogP contribution in [0.5, 0.6) is 0 Å². The molecular formula is C19H27N2O+. The van der Waals surface area contributed by atoms with E-state index in [0.29, 0.717) is 0 Å². The van der Waals surface area contributed by atoms with E-state index < -0.39 is 0 Å². The van der Waals surface area contributed by atoms with Crippen molar-refractivity contribution in [2.24, 2.45) is 0 Å². The Morgan fingerprint density at radius 2 is 2.00 bits per heavy atom. The number of aliphatic hydroxyl groups excluding tert-OH is 1. The molecule has 1 unspecified atom stereocenters. The summed E-state index contributed by atoms with van der Waals surface area (Å²) in [7, 11) is 0. The molecule has 0 amide bonds. The molecule has 3 nitrogen and oxygen atoms in total. The molecule has 1 aromatic carbocycles. The van der Waals surface area contributed by atoms with Gasteiger partial charge in [0.25, 0.3) is 0 Å². The Hall–Kier alpha value is -1.58. The van der Waals surface area contributed by atoms with Crippen LogP contribution in [0.15, 0.2) is 42.6 Å². The van der Waals surface area contributed by atoms with Crippen molar-refractivity contribution in [2.45, 2.75) is 51.9 Å². The van der Waals surface area contributed by atoms with Gasteiger partial charge in [-0.05, 0) is 37.1 Å². The molecule has 2 atom stereocenters. The number of nitrogens with zero attached hydrogens (tertiary/aromatic N) is 1. The molecule has 1 saturated carbocycles. The molecule has 2 N–H and O–H groups in total. The summed E-state index contributed by atoms with van der Waals surface area (Å²) in [5, 5.41) is 9.74. The molecule has 2 aromatic rings. The third-order valence-electron chi connectivity index (χ3n) is 4.65. The molecule has 1 heterocycles. The first kappa shape index (κ1) is 15.3. The molecule has 0 radical (unpaired) electrons.